The van der Waals surface area contributed by atoms with Crippen molar-refractivity contribution >= 4 is 11.6 Å². The van der Waals surface area contributed by atoms with Crippen LogP contribution in [0.25, 0.3) is 0 Å². The number of amides is 1. The molecular weight excluding hydrogens is 454 g/mol. The van der Waals surface area contributed by atoms with Gasteiger partial charge in [-0.05, 0) is 61.7 Å². The molecule has 1 amide bonds. The first kappa shape index (κ1) is 24.6. The molecular formula is C27H28F2N2O4. The van der Waals surface area contributed by atoms with Crippen molar-refractivity contribution in [2.75, 3.05) is 18.5 Å². The topological polar surface area (TPSA) is 90.8 Å². The lowest BCUT2D eigenvalue weighted by molar-refractivity contribution is -0.118. The molecule has 3 aromatic rings. The summed E-state index contributed by atoms with van der Waals surface area (Å²) in [6, 6.07) is 15.3. The Morgan fingerprint density at radius 3 is 2.17 bits per heavy atom. The van der Waals surface area contributed by atoms with Crippen molar-refractivity contribution in [3.8, 4) is 11.5 Å². The predicted octanol–water partition coefficient (Wildman–Crippen LogP) is 4.63. The maximum absolute atomic E-state index is 13.5. The molecule has 1 unspecified atom stereocenters. The van der Waals surface area contributed by atoms with Gasteiger partial charge in [0.15, 0.2) is 6.61 Å². The van der Waals surface area contributed by atoms with Crippen molar-refractivity contribution in [2.24, 2.45) is 0 Å². The molecule has 4 rings (SSSR count). The Morgan fingerprint density at radius 1 is 1.03 bits per heavy atom. The van der Waals surface area contributed by atoms with Gasteiger partial charge in [0, 0.05) is 29.6 Å². The lowest BCUT2D eigenvalue weighted by atomic mass is 9.81. The third-order valence-corrected chi connectivity index (χ3v) is 6.12. The molecule has 0 saturated carbocycles. The lowest BCUT2D eigenvalue weighted by Gasteiger charge is -2.33. The van der Waals surface area contributed by atoms with Gasteiger partial charge in [-0.1, -0.05) is 24.3 Å². The molecule has 35 heavy (non-hydrogen) atoms. The van der Waals surface area contributed by atoms with Crippen LogP contribution in [-0.2, 0) is 4.79 Å². The summed E-state index contributed by atoms with van der Waals surface area (Å²) < 4.78 is 32.6. The monoisotopic (exact) mass is 482 g/mol. The number of rotatable bonds is 8. The number of phenols is 1. The van der Waals surface area contributed by atoms with Crippen LogP contribution in [0.4, 0.5) is 14.5 Å². The number of aliphatic hydroxyl groups is 1. The van der Waals surface area contributed by atoms with Crippen molar-refractivity contribution < 1.29 is 28.5 Å². The number of carbonyl (C=O) groups is 1. The molecule has 0 saturated heterocycles. The maximum Gasteiger partial charge on any atom is 0.262 e. The molecule has 1 atom stereocenters. The van der Waals surface area contributed by atoms with Crippen molar-refractivity contribution in [3.05, 3.63) is 89.0 Å². The number of ether oxygens (including phenoxy) is 1. The van der Waals surface area contributed by atoms with Crippen molar-refractivity contribution in [2.45, 2.75) is 37.8 Å². The van der Waals surface area contributed by atoms with Gasteiger partial charge in [-0.2, -0.15) is 0 Å². The molecule has 8 heteroatoms. The van der Waals surface area contributed by atoms with E-state index in [1.807, 2.05) is 13.8 Å². The van der Waals surface area contributed by atoms with E-state index in [-0.39, 0.29) is 42.4 Å². The standard InChI is InChI=1S/C27H28F2N2O4/c1-27(2,13-22(16-3-7-18(28)8-4-16)17-5-9-19(29)10-6-17)30-14-24(33)21-11-20(32)12-23-26(21)35-15-25(34)31-23/h3-12,22,24,30,32-33H,13-15H2,1-2H3,(H,31,34). The number of phenolic OH excluding ortho intramolecular Hbond substituents is 1. The van der Waals surface area contributed by atoms with Gasteiger partial charge < -0.3 is 25.6 Å². The molecule has 1 aliphatic rings. The van der Waals surface area contributed by atoms with Crippen LogP contribution in [0.1, 0.15) is 49.0 Å². The van der Waals surface area contributed by atoms with Gasteiger partial charge in [0.05, 0.1) is 11.8 Å². The first-order valence-corrected chi connectivity index (χ1v) is 11.3. The summed E-state index contributed by atoms with van der Waals surface area (Å²) >= 11 is 0. The quantitative estimate of drug-likeness (QED) is 0.376. The Hall–Kier alpha value is -3.49. The van der Waals surface area contributed by atoms with Gasteiger partial charge in [0.25, 0.3) is 5.91 Å². The number of hydrogen-bond donors (Lipinski definition) is 4. The van der Waals surface area contributed by atoms with E-state index in [0.29, 0.717) is 23.4 Å². The minimum atomic E-state index is -1.03. The number of benzene rings is 3. The van der Waals surface area contributed by atoms with Crippen LogP contribution >= 0.6 is 0 Å². The summed E-state index contributed by atoms with van der Waals surface area (Å²) in [5, 5.41) is 27.0. The zero-order valence-corrected chi connectivity index (χ0v) is 19.5. The molecule has 1 aliphatic heterocycles. The van der Waals surface area contributed by atoms with Crippen LogP contribution in [0, 0.1) is 11.6 Å². The van der Waals surface area contributed by atoms with Gasteiger partial charge >= 0.3 is 0 Å². The summed E-state index contributed by atoms with van der Waals surface area (Å²) in [6.45, 7) is 3.93. The van der Waals surface area contributed by atoms with Gasteiger partial charge in [-0.3, -0.25) is 4.79 Å². The average molecular weight is 483 g/mol. The normalized spacial score (nSPS) is 14.3. The van der Waals surface area contributed by atoms with E-state index in [1.165, 1.54) is 36.4 Å². The second-order valence-electron chi connectivity index (χ2n) is 9.39. The van der Waals surface area contributed by atoms with E-state index >= 15 is 0 Å². The smallest absolute Gasteiger partial charge is 0.262 e. The van der Waals surface area contributed by atoms with Gasteiger partial charge in [-0.15, -0.1) is 0 Å². The molecule has 4 N–H and O–H groups in total. The summed E-state index contributed by atoms with van der Waals surface area (Å²) in [6.07, 6.45) is -0.456. The number of nitrogens with one attached hydrogen (secondary N) is 2. The van der Waals surface area contributed by atoms with Crippen LogP contribution in [0.5, 0.6) is 11.5 Å². The van der Waals surface area contributed by atoms with Crippen LogP contribution in [0.3, 0.4) is 0 Å². The number of β-amino-alcohol motifs (C(OH)–C–C–N with tert-alkyl or cyclic N) is 1. The number of anilines is 1. The molecule has 0 aromatic heterocycles. The fraction of sp³-hybridized carbons (Fsp3) is 0.296. The van der Waals surface area contributed by atoms with E-state index in [9.17, 15) is 23.8 Å². The van der Waals surface area contributed by atoms with E-state index in [2.05, 4.69) is 10.6 Å². The van der Waals surface area contributed by atoms with Gasteiger partial charge in [0.2, 0.25) is 0 Å². The summed E-state index contributed by atoms with van der Waals surface area (Å²) in [4.78, 5) is 11.6. The Bertz CT molecular complexity index is 1150. The minimum absolute atomic E-state index is 0.101. The first-order valence-electron chi connectivity index (χ1n) is 11.3. The molecule has 3 aromatic carbocycles. The highest BCUT2D eigenvalue weighted by Crippen LogP contribution is 2.39. The molecule has 0 bridgehead atoms. The summed E-state index contributed by atoms with van der Waals surface area (Å²) in [7, 11) is 0. The van der Waals surface area contributed by atoms with Crippen molar-refractivity contribution in [1.29, 1.82) is 0 Å². The molecule has 0 radical (unpaired) electrons. The average Bonchev–Trinajstić information content (AvgIpc) is 2.81. The molecule has 0 fully saturated rings. The van der Waals surface area contributed by atoms with Crippen LogP contribution in [0.2, 0.25) is 0 Å². The number of hydrogen-bond acceptors (Lipinski definition) is 5. The SMILES string of the molecule is CC(C)(CC(c1ccc(F)cc1)c1ccc(F)cc1)NCC(O)c1cc(O)cc2c1OCC(=O)N2. The van der Waals surface area contributed by atoms with E-state index in [4.69, 9.17) is 4.74 Å². The van der Waals surface area contributed by atoms with E-state index in [0.717, 1.165) is 11.1 Å². The molecule has 6 nitrogen and oxygen atoms in total. The lowest BCUT2D eigenvalue weighted by Crippen LogP contribution is -2.43. The van der Waals surface area contributed by atoms with Gasteiger partial charge in [0.1, 0.15) is 23.1 Å². The van der Waals surface area contributed by atoms with E-state index in [1.54, 1.807) is 24.3 Å². The second-order valence-corrected chi connectivity index (χ2v) is 9.39. The number of carbonyl (C=O) groups excluding carboxylic acids is 1. The highest BCUT2D eigenvalue weighted by atomic mass is 19.1. The third-order valence-electron chi connectivity index (χ3n) is 6.12. The first-order chi connectivity index (χ1) is 16.6. The Kier molecular flexibility index (Phi) is 7.05. The number of fused-ring (bicyclic) bond motifs is 1. The van der Waals surface area contributed by atoms with Crippen LogP contribution in [-0.4, -0.2) is 34.8 Å². The summed E-state index contributed by atoms with van der Waals surface area (Å²) in [5.41, 5.74) is 1.94. The fourth-order valence-corrected chi connectivity index (χ4v) is 4.34. The zero-order valence-electron chi connectivity index (χ0n) is 19.5. The molecule has 1 heterocycles. The Labute approximate surface area is 202 Å². The Balaban J connectivity index is 1.52. The Morgan fingerprint density at radius 2 is 1.60 bits per heavy atom. The van der Waals surface area contributed by atoms with Crippen LogP contribution < -0.4 is 15.4 Å². The van der Waals surface area contributed by atoms with Crippen molar-refractivity contribution in [3.63, 3.8) is 0 Å². The van der Waals surface area contributed by atoms with Crippen molar-refractivity contribution in [1.82, 2.24) is 5.32 Å². The third kappa shape index (κ3) is 5.96. The molecule has 0 aliphatic carbocycles. The highest BCUT2D eigenvalue weighted by molar-refractivity contribution is 5.96. The number of aliphatic hydroxyl groups excluding tert-OH is 1. The minimum Gasteiger partial charge on any atom is -0.508 e. The van der Waals surface area contributed by atoms with Gasteiger partial charge in [-0.25, -0.2) is 8.78 Å². The number of halogens is 2. The molecule has 0 spiro atoms. The van der Waals surface area contributed by atoms with Crippen LogP contribution in [0.15, 0.2) is 60.7 Å². The molecule has 184 valence electrons. The zero-order chi connectivity index (χ0) is 25.2. The fourth-order valence-electron chi connectivity index (χ4n) is 4.34. The highest BCUT2D eigenvalue weighted by Gasteiger charge is 2.29. The number of aromatic hydroxyl groups is 1. The second kappa shape index (κ2) is 10.0. The van der Waals surface area contributed by atoms with E-state index < -0.39 is 11.6 Å². The predicted molar refractivity (Wildman–Crippen MR) is 129 cm³/mol. The largest absolute Gasteiger partial charge is 0.508 e. The summed E-state index contributed by atoms with van der Waals surface area (Å²) in [5.74, 6) is -0.932. The maximum atomic E-state index is 13.5.